The van der Waals surface area contributed by atoms with Gasteiger partial charge in [-0.3, -0.25) is 0 Å². The molecule has 0 saturated heterocycles. The molecule has 2 heteroatoms. The average molecular weight is 675 g/mol. The van der Waals surface area contributed by atoms with Crippen LogP contribution in [0.3, 0.4) is 0 Å². The number of rotatable bonds is 6. The van der Waals surface area contributed by atoms with E-state index in [1.165, 1.54) is 66.4 Å². The molecular weight excluding hydrogens is 641 g/mol. The van der Waals surface area contributed by atoms with E-state index in [0.717, 1.165) is 40.3 Å². The summed E-state index contributed by atoms with van der Waals surface area (Å²) in [4.78, 5) is 10.1. The van der Waals surface area contributed by atoms with Crippen molar-refractivity contribution in [2.45, 2.75) is 6.42 Å². The molecule has 10 rings (SSSR count). The Morgan fingerprint density at radius 3 is 1.58 bits per heavy atom. The van der Waals surface area contributed by atoms with E-state index in [-0.39, 0.29) is 0 Å². The fourth-order valence-corrected chi connectivity index (χ4v) is 7.98. The predicted molar refractivity (Wildman–Crippen MR) is 220 cm³/mol. The van der Waals surface area contributed by atoms with Gasteiger partial charge in [0.05, 0.1) is 11.4 Å². The molecule has 1 aromatic heterocycles. The second-order valence-electron chi connectivity index (χ2n) is 13.7. The van der Waals surface area contributed by atoms with Crippen LogP contribution in [0.25, 0.3) is 89.2 Å². The Kier molecular flexibility index (Phi) is 7.58. The summed E-state index contributed by atoms with van der Waals surface area (Å²) >= 11 is 0. The van der Waals surface area contributed by atoms with E-state index in [2.05, 4.69) is 170 Å². The molecule has 0 aliphatic heterocycles. The number of aromatic nitrogens is 2. The third-order valence-corrected chi connectivity index (χ3v) is 10.5. The average Bonchev–Trinajstić information content (AvgIpc) is 3.62. The Labute approximate surface area is 309 Å². The highest BCUT2D eigenvalue weighted by atomic mass is 14.9. The van der Waals surface area contributed by atoms with Crippen LogP contribution in [-0.2, 0) is 6.42 Å². The van der Waals surface area contributed by atoms with Gasteiger partial charge in [0.15, 0.2) is 5.82 Å². The summed E-state index contributed by atoms with van der Waals surface area (Å²) in [6.07, 6.45) is 0.915. The molecule has 2 nitrogen and oxygen atoms in total. The van der Waals surface area contributed by atoms with Gasteiger partial charge in [0.2, 0.25) is 0 Å². The molecule has 8 aromatic carbocycles. The first-order valence-electron chi connectivity index (χ1n) is 18.2. The summed E-state index contributed by atoms with van der Waals surface area (Å²) in [5.41, 5.74) is 17.8. The molecule has 0 spiro atoms. The first-order valence-corrected chi connectivity index (χ1v) is 18.2. The van der Waals surface area contributed by atoms with E-state index in [9.17, 15) is 0 Å². The van der Waals surface area contributed by atoms with Gasteiger partial charge in [-0.15, -0.1) is 0 Å². The first-order chi connectivity index (χ1) is 26.3. The second-order valence-corrected chi connectivity index (χ2v) is 13.7. The summed E-state index contributed by atoms with van der Waals surface area (Å²) in [6, 6.07) is 69.4. The standard InChI is InChI=1S/C51H34N2/c1-4-15-34(16-5-1)41-23-10-11-24-42(41)38-27-28-43-40(30-38)31-47-45-26-13-12-25-44(45)46(32-48(43)47)37-21-14-22-39(29-37)50-33-49(35-17-6-2-7-18-35)52-51(53-50)36-19-8-3-9-20-36/h1-30,32-33H,31H2. The van der Waals surface area contributed by atoms with Gasteiger partial charge >= 0.3 is 0 Å². The molecule has 53 heavy (non-hydrogen) atoms. The van der Waals surface area contributed by atoms with Crippen molar-refractivity contribution < 1.29 is 0 Å². The van der Waals surface area contributed by atoms with Crippen LogP contribution < -0.4 is 0 Å². The highest BCUT2D eigenvalue weighted by molar-refractivity contribution is 6.05. The van der Waals surface area contributed by atoms with E-state index in [0.29, 0.717) is 0 Å². The molecular formula is C51H34N2. The molecule has 1 heterocycles. The monoisotopic (exact) mass is 674 g/mol. The molecule has 9 aromatic rings. The van der Waals surface area contributed by atoms with Crippen molar-refractivity contribution in [1.82, 2.24) is 9.97 Å². The quantitative estimate of drug-likeness (QED) is 0.175. The number of hydrogen-bond donors (Lipinski definition) is 0. The molecule has 0 unspecified atom stereocenters. The van der Waals surface area contributed by atoms with Crippen LogP contribution in [0.15, 0.2) is 194 Å². The fourth-order valence-electron chi connectivity index (χ4n) is 7.98. The summed E-state index contributed by atoms with van der Waals surface area (Å²) in [5, 5.41) is 2.58. The maximum atomic E-state index is 5.13. The smallest absolute Gasteiger partial charge is 0.160 e. The number of fused-ring (bicyclic) bond motifs is 5. The van der Waals surface area contributed by atoms with Crippen LogP contribution in [0.2, 0.25) is 0 Å². The zero-order chi connectivity index (χ0) is 35.1. The molecule has 0 saturated carbocycles. The van der Waals surface area contributed by atoms with E-state index >= 15 is 0 Å². The predicted octanol–water partition coefficient (Wildman–Crippen LogP) is 13.2. The number of nitrogens with zero attached hydrogens (tertiary/aromatic N) is 2. The van der Waals surface area contributed by atoms with E-state index < -0.39 is 0 Å². The third-order valence-electron chi connectivity index (χ3n) is 10.5. The molecule has 0 radical (unpaired) electrons. The minimum atomic E-state index is 0.720. The zero-order valence-electron chi connectivity index (χ0n) is 29.1. The van der Waals surface area contributed by atoms with Crippen molar-refractivity contribution in [3.63, 3.8) is 0 Å². The SMILES string of the molecule is c1ccc(-c2cc(-c3cccc(-c4cc5c(c6ccccc46)Cc4cc(-c6ccccc6-c6ccccc6)ccc4-5)c3)nc(-c3ccccc3)n2)cc1. The summed E-state index contributed by atoms with van der Waals surface area (Å²) in [5.74, 6) is 0.720. The molecule has 1 aliphatic carbocycles. The zero-order valence-corrected chi connectivity index (χ0v) is 29.1. The van der Waals surface area contributed by atoms with Gasteiger partial charge in [-0.25, -0.2) is 9.97 Å². The van der Waals surface area contributed by atoms with Crippen LogP contribution >= 0.6 is 0 Å². The summed E-state index contributed by atoms with van der Waals surface area (Å²) in [6.45, 7) is 0. The maximum absolute atomic E-state index is 5.13. The van der Waals surface area contributed by atoms with E-state index in [1.54, 1.807) is 0 Å². The van der Waals surface area contributed by atoms with Crippen LogP contribution in [0.5, 0.6) is 0 Å². The van der Waals surface area contributed by atoms with Crippen molar-refractivity contribution in [3.8, 4) is 78.4 Å². The van der Waals surface area contributed by atoms with Crippen molar-refractivity contribution in [2.24, 2.45) is 0 Å². The molecule has 0 amide bonds. The molecule has 0 fully saturated rings. The maximum Gasteiger partial charge on any atom is 0.160 e. The minimum Gasteiger partial charge on any atom is -0.228 e. The molecule has 0 N–H and O–H groups in total. The Morgan fingerprint density at radius 1 is 0.302 bits per heavy atom. The lowest BCUT2D eigenvalue weighted by atomic mass is 9.90. The molecule has 248 valence electrons. The summed E-state index contributed by atoms with van der Waals surface area (Å²) < 4.78 is 0. The molecule has 1 aliphatic rings. The van der Waals surface area contributed by atoms with E-state index in [1.807, 2.05) is 24.3 Å². The Balaban J connectivity index is 1.09. The lowest BCUT2D eigenvalue weighted by molar-refractivity contribution is 1.18. The Bertz CT molecular complexity index is 2730. The van der Waals surface area contributed by atoms with Gasteiger partial charge in [-0.2, -0.15) is 0 Å². The molecule has 0 atom stereocenters. The van der Waals surface area contributed by atoms with Gasteiger partial charge in [0.25, 0.3) is 0 Å². The fraction of sp³-hybridized carbons (Fsp3) is 0.0196. The number of hydrogen-bond acceptors (Lipinski definition) is 2. The highest BCUT2D eigenvalue weighted by Crippen LogP contribution is 2.46. The normalized spacial score (nSPS) is 11.7. The van der Waals surface area contributed by atoms with Gasteiger partial charge < -0.3 is 0 Å². The first kappa shape index (κ1) is 30.9. The van der Waals surface area contributed by atoms with Crippen molar-refractivity contribution in [2.75, 3.05) is 0 Å². The lowest BCUT2D eigenvalue weighted by Gasteiger charge is -2.14. The second kappa shape index (κ2) is 13.0. The minimum absolute atomic E-state index is 0.720. The van der Waals surface area contributed by atoms with E-state index in [4.69, 9.17) is 9.97 Å². The summed E-state index contributed by atoms with van der Waals surface area (Å²) in [7, 11) is 0. The van der Waals surface area contributed by atoms with Crippen LogP contribution in [0.1, 0.15) is 11.1 Å². The van der Waals surface area contributed by atoms with Gasteiger partial charge in [0.1, 0.15) is 0 Å². The number of benzene rings is 8. The van der Waals surface area contributed by atoms with Gasteiger partial charge in [0, 0.05) is 16.7 Å². The largest absolute Gasteiger partial charge is 0.228 e. The van der Waals surface area contributed by atoms with Crippen molar-refractivity contribution >= 4 is 10.8 Å². The third kappa shape index (κ3) is 5.62. The van der Waals surface area contributed by atoms with Crippen molar-refractivity contribution in [1.29, 1.82) is 0 Å². The van der Waals surface area contributed by atoms with Crippen LogP contribution in [0, 0.1) is 0 Å². The Morgan fingerprint density at radius 2 is 0.849 bits per heavy atom. The molecule has 0 bridgehead atoms. The highest BCUT2D eigenvalue weighted by Gasteiger charge is 2.24. The van der Waals surface area contributed by atoms with Gasteiger partial charge in [-0.05, 0) is 91.0 Å². The van der Waals surface area contributed by atoms with Crippen LogP contribution in [-0.4, -0.2) is 9.97 Å². The Hall–Kier alpha value is -6.90. The van der Waals surface area contributed by atoms with Gasteiger partial charge in [-0.1, -0.05) is 176 Å². The van der Waals surface area contributed by atoms with Crippen LogP contribution in [0.4, 0.5) is 0 Å². The topological polar surface area (TPSA) is 25.8 Å². The van der Waals surface area contributed by atoms with Crippen molar-refractivity contribution in [3.05, 3.63) is 205 Å². The lowest BCUT2D eigenvalue weighted by Crippen LogP contribution is -1.96.